The topological polar surface area (TPSA) is 110 Å². The van der Waals surface area contributed by atoms with E-state index in [4.69, 9.17) is 0 Å². The lowest BCUT2D eigenvalue weighted by Crippen LogP contribution is -2.53. The SMILES string of the molecule is CCCCCCCCCC/C=C\CCCCCCCCC(O)C(=O)NC(CO)C(O)C(O)CCC/C=C/CCCCCCCCCC. The van der Waals surface area contributed by atoms with Gasteiger partial charge in [-0.25, -0.2) is 0 Å². The molecule has 6 nitrogen and oxygen atoms in total. The third kappa shape index (κ3) is 30.6. The number of hydrogen-bond acceptors (Lipinski definition) is 5. The maximum atomic E-state index is 12.5. The number of hydrogen-bond donors (Lipinski definition) is 5. The van der Waals surface area contributed by atoms with Crippen LogP contribution in [0.2, 0.25) is 0 Å². The summed E-state index contributed by atoms with van der Waals surface area (Å²) in [6.45, 7) is 4.02. The summed E-state index contributed by atoms with van der Waals surface area (Å²) in [4.78, 5) is 12.5. The van der Waals surface area contributed by atoms with Gasteiger partial charge in [0.1, 0.15) is 12.2 Å². The minimum Gasteiger partial charge on any atom is -0.394 e. The Morgan fingerprint density at radius 2 is 0.872 bits per heavy atom. The maximum absolute atomic E-state index is 12.5. The lowest BCUT2D eigenvalue weighted by Gasteiger charge is -2.27. The van der Waals surface area contributed by atoms with Crippen LogP contribution in [0.25, 0.3) is 0 Å². The van der Waals surface area contributed by atoms with Crippen LogP contribution in [0.3, 0.4) is 0 Å². The van der Waals surface area contributed by atoms with E-state index in [1.54, 1.807) is 0 Å². The van der Waals surface area contributed by atoms with Crippen LogP contribution in [0.15, 0.2) is 24.3 Å². The number of carbonyl (C=O) groups is 1. The largest absolute Gasteiger partial charge is 0.394 e. The highest BCUT2D eigenvalue weighted by atomic mass is 16.3. The maximum Gasteiger partial charge on any atom is 0.249 e. The molecule has 0 aromatic carbocycles. The van der Waals surface area contributed by atoms with Gasteiger partial charge in [-0.2, -0.15) is 0 Å². The van der Waals surface area contributed by atoms with Crippen molar-refractivity contribution in [2.75, 3.05) is 6.61 Å². The Morgan fingerprint density at radius 1 is 0.511 bits per heavy atom. The summed E-state index contributed by atoms with van der Waals surface area (Å²) in [6.07, 6.45) is 39.1. The number of allylic oxidation sites excluding steroid dienone is 4. The number of nitrogens with one attached hydrogen (secondary N) is 1. The van der Waals surface area contributed by atoms with Crippen molar-refractivity contribution < 1.29 is 25.2 Å². The second-order valence-corrected chi connectivity index (χ2v) is 14.0. The van der Waals surface area contributed by atoms with Crippen LogP contribution in [0, 0.1) is 0 Å². The molecule has 0 aliphatic rings. The number of unbranched alkanes of at least 4 members (excludes halogenated alkanes) is 23. The quantitative estimate of drug-likeness (QED) is 0.0338. The fourth-order valence-corrected chi connectivity index (χ4v) is 6.10. The summed E-state index contributed by atoms with van der Waals surface area (Å²) in [5, 5.41) is 43.5. The van der Waals surface area contributed by atoms with Crippen LogP contribution in [0.4, 0.5) is 0 Å². The van der Waals surface area contributed by atoms with Gasteiger partial charge in [0.15, 0.2) is 0 Å². The van der Waals surface area contributed by atoms with Crippen LogP contribution >= 0.6 is 0 Å². The third-order valence-corrected chi connectivity index (χ3v) is 9.38. The zero-order chi connectivity index (χ0) is 34.6. The van der Waals surface area contributed by atoms with Crippen molar-refractivity contribution in [2.24, 2.45) is 0 Å². The van der Waals surface area contributed by atoms with Gasteiger partial charge in [0.25, 0.3) is 0 Å². The highest BCUT2D eigenvalue weighted by Gasteiger charge is 2.28. The molecule has 5 N–H and O–H groups in total. The molecule has 0 fully saturated rings. The van der Waals surface area contributed by atoms with Crippen molar-refractivity contribution in [3.8, 4) is 0 Å². The van der Waals surface area contributed by atoms with Gasteiger partial charge in [-0.3, -0.25) is 4.79 Å². The van der Waals surface area contributed by atoms with Crippen LogP contribution in [0.5, 0.6) is 0 Å². The first kappa shape index (κ1) is 45.8. The minimum atomic E-state index is -1.28. The highest BCUT2D eigenvalue weighted by molar-refractivity contribution is 5.80. The van der Waals surface area contributed by atoms with Gasteiger partial charge in [-0.05, 0) is 64.2 Å². The Balaban J connectivity index is 3.82. The summed E-state index contributed by atoms with van der Waals surface area (Å²) in [5.74, 6) is -0.599. The van der Waals surface area contributed by atoms with E-state index in [1.807, 2.05) is 0 Å². The zero-order valence-corrected chi connectivity index (χ0v) is 31.0. The summed E-state index contributed by atoms with van der Waals surface area (Å²) >= 11 is 0. The van der Waals surface area contributed by atoms with Crippen molar-refractivity contribution in [1.82, 2.24) is 5.32 Å². The molecule has 47 heavy (non-hydrogen) atoms. The van der Waals surface area contributed by atoms with E-state index in [0.717, 1.165) is 44.9 Å². The van der Waals surface area contributed by atoms with Gasteiger partial charge < -0.3 is 25.7 Å². The van der Waals surface area contributed by atoms with Crippen LogP contribution in [-0.2, 0) is 4.79 Å². The summed E-state index contributed by atoms with van der Waals surface area (Å²) < 4.78 is 0. The second-order valence-electron chi connectivity index (χ2n) is 14.0. The predicted molar refractivity (Wildman–Crippen MR) is 201 cm³/mol. The van der Waals surface area contributed by atoms with Crippen molar-refractivity contribution in [3.05, 3.63) is 24.3 Å². The molecule has 0 rings (SSSR count). The Bertz CT molecular complexity index is 712. The molecule has 0 saturated heterocycles. The molecule has 0 aliphatic carbocycles. The van der Waals surface area contributed by atoms with Gasteiger partial charge in [-0.15, -0.1) is 0 Å². The lowest BCUT2D eigenvalue weighted by atomic mass is 10.00. The van der Waals surface area contributed by atoms with Gasteiger partial charge in [0.2, 0.25) is 5.91 Å². The van der Waals surface area contributed by atoms with Gasteiger partial charge in [0.05, 0.1) is 18.8 Å². The minimum absolute atomic E-state index is 0.357. The second kappa shape index (κ2) is 36.1. The first-order chi connectivity index (χ1) is 23.0. The molecular weight excluding hydrogens is 586 g/mol. The molecule has 0 spiro atoms. The van der Waals surface area contributed by atoms with Crippen molar-refractivity contribution in [1.29, 1.82) is 0 Å². The number of carbonyl (C=O) groups excluding carboxylic acids is 1. The zero-order valence-electron chi connectivity index (χ0n) is 31.0. The van der Waals surface area contributed by atoms with Gasteiger partial charge >= 0.3 is 0 Å². The first-order valence-electron chi connectivity index (χ1n) is 20.2. The molecule has 4 atom stereocenters. The Kier molecular flexibility index (Phi) is 35.2. The fraction of sp³-hybridized carbons (Fsp3) is 0.878. The average molecular weight is 666 g/mol. The van der Waals surface area contributed by atoms with Gasteiger partial charge in [0, 0.05) is 0 Å². The molecule has 0 radical (unpaired) electrons. The smallest absolute Gasteiger partial charge is 0.249 e. The number of amides is 1. The molecule has 0 aliphatic heterocycles. The first-order valence-corrected chi connectivity index (χ1v) is 20.2. The molecule has 0 aromatic heterocycles. The summed E-state index contributed by atoms with van der Waals surface area (Å²) in [5.41, 5.74) is 0. The number of aliphatic hydroxyl groups excluding tert-OH is 4. The van der Waals surface area contributed by atoms with E-state index < -0.39 is 36.9 Å². The lowest BCUT2D eigenvalue weighted by molar-refractivity contribution is -0.132. The molecule has 278 valence electrons. The fourth-order valence-electron chi connectivity index (χ4n) is 6.10. The predicted octanol–water partition coefficient (Wildman–Crippen LogP) is 10.0. The molecule has 6 heteroatoms. The van der Waals surface area contributed by atoms with E-state index in [2.05, 4.69) is 43.5 Å². The highest BCUT2D eigenvalue weighted by Crippen LogP contribution is 2.14. The molecule has 1 amide bonds. The Labute approximate surface area is 291 Å². The summed E-state index contributed by atoms with van der Waals surface area (Å²) in [6, 6.07) is -1.00. The van der Waals surface area contributed by atoms with E-state index in [1.165, 1.54) is 128 Å². The van der Waals surface area contributed by atoms with Crippen molar-refractivity contribution in [2.45, 2.75) is 224 Å². The van der Waals surface area contributed by atoms with E-state index in [9.17, 15) is 25.2 Å². The standard InChI is InChI=1S/C41H79NO5/c1-3-5-7-9-11-13-15-17-18-19-20-21-23-25-27-29-31-33-35-39(45)41(47)42-37(36-43)40(46)38(44)34-32-30-28-26-24-22-16-14-12-10-8-6-4-2/h19-20,26,28,37-40,43-46H,3-18,21-25,27,29-36H2,1-2H3,(H,42,47)/b20-19-,28-26+. The van der Waals surface area contributed by atoms with Gasteiger partial charge in [-0.1, -0.05) is 160 Å². The third-order valence-electron chi connectivity index (χ3n) is 9.38. The molecule has 0 saturated carbocycles. The number of rotatable bonds is 36. The van der Waals surface area contributed by atoms with E-state index in [0.29, 0.717) is 12.8 Å². The molecular formula is C41H79NO5. The molecule has 4 unspecified atom stereocenters. The molecule has 0 aromatic rings. The average Bonchev–Trinajstić information content (AvgIpc) is 3.07. The Hall–Kier alpha value is -1.21. The summed E-state index contributed by atoms with van der Waals surface area (Å²) in [7, 11) is 0. The molecule has 0 bridgehead atoms. The van der Waals surface area contributed by atoms with Crippen molar-refractivity contribution >= 4 is 5.91 Å². The Morgan fingerprint density at radius 3 is 1.28 bits per heavy atom. The number of aliphatic hydroxyl groups is 4. The van der Waals surface area contributed by atoms with Crippen molar-refractivity contribution in [3.63, 3.8) is 0 Å². The van der Waals surface area contributed by atoms with Crippen LogP contribution in [-0.4, -0.2) is 57.3 Å². The molecule has 0 heterocycles. The normalized spacial score (nSPS) is 14.6. The monoisotopic (exact) mass is 666 g/mol. The van der Waals surface area contributed by atoms with Crippen LogP contribution in [0.1, 0.15) is 200 Å². The van der Waals surface area contributed by atoms with Crippen LogP contribution < -0.4 is 5.32 Å². The van der Waals surface area contributed by atoms with E-state index in [-0.39, 0.29) is 0 Å². The van der Waals surface area contributed by atoms with E-state index >= 15 is 0 Å².